The molecular weight excluding hydrogens is 258 g/mol. The number of ether oxygens (including phenoxy) is 1. The zero-order chi connectivity index (χ0) is 15.1. The van der Waals surface area contributed by atoms with Crippen LogP contribution in [0.3, 0.4) is 0 Å². The average molecular weight is 279 g/mol. The second kappa shape index (κ2) is 7.52. The lowest BCUT2D eigenvalue weighted by Gasteiger charge is -2.08. The first-order chi connectivity index (χ1) is 10.2. The van der Waals surface area contributed by atoms with E-state index in [0.717, 1.165) is 23.3 Å². The molecule has 0 aromatic heterocycles. The van der Waals surface area contributed by atoms with Crippen molar-refractivity contribution in [3.8, 4) is 17.6 Å². The highest BCUT2D eigenvalue weighted by Crippen LogP contribution is 2.18. The molecule has 108 valence electrons. The molecule has 0 unspecified atom stereocenters. The van der Waals surface area contributed by atoms with Gasteiger partial charge in [0.25, 0.3) is 0 Å². The van der Waals surface area contributed by atoms with Crippen LogP contribution in [-0.4, -0.2) is 6.54 Å². The Kier molecular flexibility index (Phi) is 5.43. The third kappa shape index (κ3) is 4.37. The van der Waals surface area contributed by atoms with Gasteiger partial charge in [0.15, 0.2) is 0 Å². The van der Waals surface area contributed by atoms with Gasteiger partial charge in [-0.3, -0.25) is 0 Å². The van der Waals surface area contributed by atoms with Crippen molar-refractivity contribution in [3.63, 3.8) is 0 Å². The first kappa shape index (κ1) is 15.2. The molecule has 2 aromatic rings. The predicted molar refractivity (Wildman–Crippen MR) is 87.3 cm³/mol. The molecule has 21 heavy (non-hydrogen) atoms. The lowest BCUT2D eigenvalue weighted by atomic mass is 10.1. The number of benzene rings is 2. The fourth-order valence-corrected chi connectivity index (χ4v) is 2.05. The summed E-state index contributed by atoms with van der Waals surface area (Å²) < 4.78 is 5.83. The second-order valence-electron chi connectivity index (χ2n) is 4.94. The fourth-order valence-electron chi connectivity index (χ4n) is 2.05. The quantitative estimate of drug-likeness (QED) is 0.870. The number of hydrogen-bond acceptors (Lipinski definition) is 2. The highest BCUT2D eigenvalue weighted by molar-refractivity contribution is 5.44. The molecule has 2 aromatic carbocycles. The maximum absolute atomic E-state index is 5.83. The lowest BCUT2D eigenvalue weighted by molar-refractivity contribution is 0.306. The van der Waals surface area contributed by atoms with Crippen LogP contribution in [0.4, 0.5) is 0 Å². The average Bonchev–Trinajstić information content (AvgIpc) is 2.52. The fraction of sp³-hybridized carbons (Fsp3) is 0.263. The summed E-state index contributed by atoms with van der Waals surface area (Å²) in [5.41, 5.74) is 10.0. The molecule has 0 saturated heterocycles. The van der Waals surface area contributed by atoms with Gasteiger partial charge in [-0.1, -0.05) is 43.0 Å². The third-order valence-corrected chi connectivity index (χ3v) is 3.36. The molecule has 0 aliphatic rings. The zero-order valence-electron chi connectivity index (χ0n) is 12.6. The summed E-state index contributed by atoms with van der Waals surface area (Å²) in [5.74, 6) is 6.79. The van der Waals surface area contributed by atoms with Crippen molar-refractivity contribution in [2.24, 2.45) is 5.73 Å². The van der Waals surface area contributed by atoms with E-state index in [2.05, 4.69) is 43.0 Å². The molecule has 2 N–H and O–H groups in total. The topological polar surface area (TPSA) is 35.2 Å². The van der Waals surface area contributed by atoms with Crippen molar-refractivity contribution in [1.82, 2.24) is 0 Å². The van der Waals surface area contributed by atoms with Crippen LogP contribution in [0, 0.1) is 18.8 Å². The van der Waals surface area contributed by atoms with Crippen LogP contribution < -0.4 is 10.5 Å². The molecular formula is C19H21NO. The molecule has 0 atom stereocenters. The molecule has 2 nitrogen and oxygen atoms in total. The molecule has 0 spiro atoms. The van der Waals surface area contributed by atoms with Gasteiger partial charge in [-0.15, -0.1) is 0 Å². The third-order valence-electron chi connectivity index (χ3n) is 3.36. The van der Waals surface area contributed by atoms with Crippen LogP contribution in [-0.2, 0) is 13.0 Å². The van der Waals surface area contributed by atoms with E-state index in [4.69, 9.17) is 10.5 Å². The van der Waals surface area contributed by atoms with Crippen LogP contribution >= 0.6 is 0 Å². The van der Waals surface area contributed by atoms with Gasteiger partial charge in [-0.2, -0.15) is 0 Å². The van der Waals surface area contributed by atoms with Gasteiger partial charge in [0.2, 0.25) is 0 Å². The van der Waals surface area contributed by atoms with Gasteiger partial charge in [0, 0.05) is 5.56 Å². The molecule has 0 aliphatic heterocycles. The van der Waals surface area contributed by atoms with E-state index in [0.29, 0.717) is 13.2 Å². The second-order valence-corrected chi connectivity index (χ2v) is 4.94. The van der Waals surface area contributed by atoms with E-state index in [1.165, 1.54) is 11.1 Å². The summed E-state index contributed by atoms with van der Waals surface area (Å²) in [6.45, 7) is 5.15. The Morgan fingerprint density at radius 3 is 2.38 bits per heavy atom. The Bertz CT molecular complexity index is 648. The van der Waals surface area contributed by atoms with Crippen LogP contribution in [0.25, 0.3) is 0 Å². The van der Waals surface area contributed by atoms with E-state index < -0.39 is 0 Å². The van der Waals surface area contributed by atoms with Gasteiger partial charge < -0.3 is 10.5 Å². The van der Waals surface area contributed by atoms with E-state index in [1.54, 1.807) is 0 Å². The van der Waals surface area contributed by atoms with E-state index in [1.807, 2.05) is 25.1 Å². The minimum atomic E-state index is 0.380. The summed E-state index contributed by atoms with van der Waals surface area (Å²) in [6, 6.07) is 14.5. The zero-order valence-corrected chi connectivity index (χ0v) is 12.6. The molecule has 2 heteroatoms. The smallest absolute Gasteiger partial charge is 0.120 e. The Hall–Kier alpha value is -2.24. The maximum atomic E-state index is 5.83. The van der Waals surface area contributed by atoms with Crippen molar-refractivity contribution in [1.29, 1.82) is 0 Å². The monoisotopic (exact) mass is 279 g/mol. The highest BCUT2D eigenvalue weighted by Gasteiger charge is 2.00. The number of rotatable bonds is 4. The predicted octanol–water partition coefficient (Wildman–Crippen LogP) is 3.45. The SMILES string of the molecule is CCc1ccc(COc2ccc(C#CCN)c(C)c2)cc1. The molecule has 0 saturated carbocycles. The van der Waals surface area contributed by atoms with E-state index >= 15 is 0 Å². The minimum absolute atomic E-state index is 0.380. The van der Waals surface area contributed by atoms with E-state index in [9.17, 15) is 0 Å². The molecule has 0 heterocycles. The minimum Gasteiger partial charge on any atom is -0.489 e. The van der Waals surface area contributed by atoms with E-state index in [-0.39, 0.29) is 0 Å². The number of aryl methyl sites for hydroxylation is 2. The molecule has 0 radical (unpaired) electrons. The van der Waals surface area contributed by atoms with Crippen LogP contribution in [0.1, 0.15) is 29.2 Å². The highest BCUT2D eigenvalue weighted by atomic mass is 16.5. The van der Waals surface area contributed by atoms with Gasteiger partial charge in [-0.25, -0.2) is 0 Å². The first-order valence-electron chi connectivity index (χ1n) is 7.23. The molecule has 2 rings (SSSR count). The Balaban J connectivity index is 2.01. The van der Waals surface area contributed by atoms with Crippen molar-refractivity contribution >= 4 is 0 Å². The van der Waals surface area contributed by atoms with Crippen LogP contribution in [0.2, 0.25) is 0 Å². The van der Waals surface area contributed by atoms with Gasteiger partial charge in [0.05, 0.1) is 6.54 Å². The largest absolute Gasteiger partial charge is 0.489 e. The van der Waals surface area contributed by atoms with Gasteiger partial charge >= 0.3 is 0 Å². The van der Waals surface area contributed by atoms with Crippen molar-refractivity contribution in [2.75, 3.05) is 6.54 Å². The Morgan fingerprint density at radius 2 is 1.76 bits per heavy atom. The molecule has 0 fully saturated rings. The van der Waals surface area contributed by atoms with Crippen LogP contribution in [0.5, 0.6) is 5.75 Å². The van der Waals surface area contributed by atoms with Gasteiger partial charge in [-0.05, 0) is 48.2 Å². The lowest BCUT2D eigenvalue weighted by Crippen LogP contribution is -1.97. The Labute approximate surface area is 126 Å². The normalized spacial score (nSPS) is 9.86. The summed E-state index contributed by atoms with van der Waals surface area (Å²) in [5, 5.41) is 0. The van der Waals surface area contributed by atoms with Crippen molar-refractivity contribution in [3.05, 3.63) is 64.7 Å². The Morgan fingerprint density at radius 1 is 1.05 bits per heavy atom. The summed E-state index contributed by atoms with van der Waals surface area (Å²) in [6.07, 6.45) is 1.06. The van der Waals surface area contributed by atoms with Crippen LogP contribution in [0.15, 0.2) is 42.5 Å². The summed E-state index contributed by atoms with van der Waals surface area (Å²) >= 11 is 0. The molecule has 0 amide bonds. The molecule has 0 bridgehead atoms. The number of nitrogens with two attached hydrogens (primary N) is 1. The van der Waals surface area contributed by atoms with Gasteiger partial charge in [0.1, 0.15) is 12.4 Å². The standard InChI is InChI=1S/C19H21NO/c1-3-16-6-8-17(9-7-16)14-21-19-11-10-18(5-4-12-20)15(2)13-19/h6-11,13H,3,12,14,20H2,1-2H3. The first-order valence-corrected chi connectivity index (χ1v) is 7.23. The number of hydrogen-bond donors (Lipinski definition) is 1. The maximum Gasteiger partial charge on any atom is 0.120 e. The molecule has 0 aliphatic carbocycles. The summed E-state index contributed by atoms with van der Waals surface area (Å²) in [7, 11) is 0. The van der Waals surface area contributed by atoms with Crippen molar-refractivity contribution in [2.45, 2.75) is 26.9 Å². The summed E-state index contributed by atoms with van der Waals surface area (Å²) in [4.78, 5) is 0. The van der Waals surface area contributed by atoms with Crippen molar-refractivity contribution < 1.29 is 4.74 Å².